The van der Waals surface area contributed by atoms with Gasteiger partial charge in [0.2, 0.25) is 5.91 Å². The highest BCUT2D eigenvalue weighted by molar-refractivity contribution is 6.31. The van der Waals surface area contributed by atoms with Crippen LogP contribution in [0, 0.1) is 11.7 Å². The number of carbonyl (C=O) groups excluding carboxylic acids is 1. The standard InChI is InChI=1S/C23H22ClFN4O2/c24-20-13-18(25)9-8-16(20)14-28-22(30)17-5-4-12-29(15-17)21-23(27-11-10-26-21)31-19-6-2-1-3-7-19/h1-3,6-11,13,17H,4-5,12,14-15H2,(H,28,30). The topological polar surface area (TPSA) is 67.4 Å². The number of hydrogen-bond acceptors (Lipinski definition) is 5. The Labute approximate surface area is 185 Å². The zero-order chi connectivity index (χ0) is 21.6. The summed E-state index contributed by atoms with van der Waals surface area (Å²) in [6.45, 7) is 1.52. The lowest BCUT2D eigenvalue weighted by atomic mass is 9.97. The number of benzene rings is 2. The number of nitrogens with zero attached hydrogens (tertiary/aromatic N) is 3. The smallest absolute Gasteiger partial charge is 0.263 e. The lowest BCUT2D eigenvalue weighted by Gasteiger charge is -2.33. The van der Waals surface area contributed by atoms with Crippen LogP contribution in [0.5, 0.6) is 11.6 Å². The molecule has 2 aromatic carbocycles. The number of rotatable bonds is 6. The molecule has 1 aromatic heterocycles. The molecule has 1 aliphatic heterocycles. The first kappa shape index (κ1) is 21.1. The fourth-order valence-electron chi connectivity index (χ4n) is 3.58. The molecule has 1 amide bonds. The third kappa shape index (κ3) is 5.30. The Morgan fingerprint density at radius 2 is 2.00 bits per heavy atom. The van der Waals surface area contributed by atoms with Gasteiger partial charge in [-0.1, -0.05) is 35.9 Å². The summed E-state index contributed by atoms with van der Waals surface area (Å²) < 4.78 is 19.1. The molecule has 3 aromatic rings. The van der Waals surface area contributed by atoms with Crippen molar-refractivity contribution in [3.63, 3.8) is 0 Å². The Balaban J connectivity index is 1.42. The summed E-state index contributed by atoms with van der Waals surface area (Å²) in [6.07, 6.45) is 4.82. The number of amides is 1. The van der Waals surface area contributed by atoms with Crippen LogP contribution in [0.25, 0.3) is 0 Å². The average Bonchev–Trinajstić information content (AvgIpc) is 2.79. The molecule has 160 valence electrons. The van der Waals surface area contributed by atoms with E-state index in [9.17, 15) is 9.18 Å². The number of para-hydroxylation sites is 1. The lowest BCUT2D eigenvalue weighted by molar-refractivity contribution is -0.125. The number of carbonyl (C=O) groups is 1. The molecule has 0 aliphatic carbocycles. The van der Waals surface area contributed by atoms with E-state index in [4.69, 9.17) is 16.3 Å². The molecule has 8 heteroatoms. The molecule has 1 unspecified atom stereocenters. The predicted octanol–water partition coefficient (Wildman–Crippen LogP) is 4.59. The number of aromatic nitrogens is 2. The van der Waals surface area contributed by atoms with Crippen LogP contribution in [0.3, 0.4) is 0 Å². The molecule has 1 saturated heterocycles. The molecule has 0 bridgehead atoms. The first-order valence-corrected chi connectivity index (χ1v) is 10.5. The van der Waals surface area contributed by atoms with E-state index in [-0.39, 0.29) is 18.4 Å². The molecule has 0 saturated carbocycles. The van der Waals surface area contributed by atoms with Crippen LogP contribution in [-0.2, 0) is 11.3 Å². The largest absolute Gasteiger partial charge is 0.436 e. The number of halogens is 2. The van der Waals surface area contributed by atoms with Crippen LogP contribution in [-0.4, -0.2) is 29.0 Å². The SMILES string of the molecule is O=C(NCc1ccc(F)cc1Cl)C1CCCN(c2nccnc2Oc2ccccc2)C1. The van der Waals surface area contributed by atoms with Crippen molar-refractivity contribution in [1.82, 2.24) is 15.3 Å². The third-order valence-corrected chi connectivity index (χ3v) is 5.52. The normalized spacial score (nSPS) is 16.1. The molecular weight excluding hydrogens is 419 g/mol. The van der Waals surface area contributed by atoms with Crippen LogP contribution in [0.1, 0.15) is 18.4 Å². The van der Waals surface area contributed by atoms with Crippen molar-refractivity contribution in [3.05, 3.63) is 77.3 Å². The van der Waals surface area contributed by atoms with Gasteiger partial charge in [-0.05, 0) is 42.7 Å². The van der Waals surface area contributed by atoms with Crippen molar-refractivity contribution in [3.8, 4) is 11.6 Å². The average molecular weight is 441 g/mol. The molecule has 0 spiro atoms. The third-order valence-electron chi connectivity index (χ3n) is 5.16. The molecule has 6 nitrogen and oxygen atoms in total. The van der Waals surface area contributed by atoms with Gasteiger partial charge in [-0.25, -0.2) is 14.4 Å². The summed E-state index contributed by atoms with van der Waals surface area (Å²) in [4.78, 5) is 23.6. The van der Waals surface area contributed by atoms with E-state index >= 15 is 0 Å². The van der Waals surface area contributed by atoms with Crippen molar-refractivity contribution in [1.29, 1.82) is 0 Å². The maximum absolute atomic E-state index is 13.2. The van der Waals surface area contributed by atoms with Crippen molar-refractivity contribution in [2.45, 2.75) is 19.4 Å². The van der Waals surface area contributed by atoms with Crippen LogP contribution < -0.4 is 15.0 Å². The number of nitrogens with one attached hydrogen (secondary N) is 1. The van der Waals surface area contributed by atoms with Crippen molar-refractivity contribution in [2.24, 2.45) is 5.92 Å². The maximum atomic E-state index is 13.2. The first-order chi connectivity index (χ1) is 15.1. The summed E-state index contributed by atoms with van der Waals surface area (Å²) in [7, 11) is 0. The van der Waals surface area contributed by atoms with Gasteiger partial charge in [0.1, 0.15) is 11.6 Å². The van der Waals surface area contributed by atoms with Gasteiger partial charge < -0.3 is 15.0 Å². The molecule has 1 aliphatic rings. The summed E-state index contributed by atoms with van der Waals surface area (Å²) in [5, 5.41) is 3.21. The quantitative estimate of drug-likeness (QED) is 0.607. The van der Waals surface area contributed by atoms with Crippen LogP contribution >= 0.6 is 11.6 Å². The minimum absolute atomic E-state index is 0.0699. The van der Waals surface area contributed by atoms with E-state index in [0.29, 0.717) is 34.6 Å². The highest BCUT2D eigenvalue weighted by atomic mass is 35.5. The van der Waals surface area contributed by atoms with Crippen LogP contribution in [0.15, 0.2) is 60.9 Å². The first-order valence-electron chi connectivity index (χ1n) is 10.1. The zero-order valence-corrected chi connectivity index (χ0v) is 17.6. The fraction of sp³-hybridized carbons (Fsp3) is 0.261. The summed E-state index contributed by atoms with van der Waals surface area (Å²) in [5.74, 6) is 1.02. The van der Waals surface area contributed by atoms with Crippen molar-refractivity contribution >= 4 is 23.3 Å². The van der Waals surface area contributed by atoms with Crippen LogP contribution in [0.4, 0.5) is 10.2 Å². The Bertz CT molecular complexity index is 1050. The minimum atomic E-state index is -0.402. The summed E-state index contributed by atoms with van der Waals surface area (Å²) in [6, 6.07) is 13.6. The maximum Gasteiger partial charge on any atom is 0.263 e. The number of ether oxygens (including phenoxy) is 1. The molecule has 0 radical (unpaired) electrons. The van der Waals surface area contributed by atoms with Gasteiger partial charge in [0.25, 0.3) is 5.88 Å². The van der Waals surface area contributed by atoms with E-state index in [1.807, 2.05) is 35.2 Å². The lowest BCUT2D eigenvalue weighted by Crippen LogP contribution is -2.43. The zero-order valence-electron chi connectivity index (χ0n) is 16.8. The van der Waals surface area contributed by atoms with E-state index in [0.717, 1.165) is 19.4 Å². The minimum Gasteiger partial charge on any atom is -0.436 e. The van der Waals surface area contributed by atoms with Gasteiger partial charge in [0.05, 0.1) is 5.92 Å². The fourth-order valence-corrected chi connectivity index (χ4v) is 3.82. The number of piperidine rings is 1. The monoisotopic (exact) mass is 440 g/mol. The van der Waals surface area contributed by atoms with Gasteiger partial charge in [-0.2, -0.15) is 0 Å². The second-order valence-corrected chi connectivity index (χ2v) is 7.75. The highest BCUT2D eigenvalue weighted by Gasteiger charge is 2.28. The highest BCUT2D eigenvalue weighted by Crippen LogP contribution is 2.31. The Morgan fingerprint density at radius 1 is 1.19 bits per heavy atom. The molecule has 31 heavy (non-hydrogen) atoms. The predicted molar refractivity (Wildman–Crippen MR) is 117 cm³/mol. The Kier molecular flexibility index (Phi) is 6.62. The molecule has 4 rings (SSSR count). The van der Waals surface area contributed by atoms with Gasteiger partial charge in [0.15, 0.2) is 5.82 Å². The van der Waals surface area contributed by atoms with E-state index < -0.39 is 5.82 Å². The van der Waals surface area contributed by atoms with Gasteiger partial charge in [0, 0.05) is 37.1 Å². The number of hydrogen-bond donors (Lipinski definition) is 1. The summed E-state index contributed by atoms with van der Waals surface area (Å²) in [5.41, 5.74) is 0.677. The molecule has 1 N–H and O–H groups in total. The summed E-state index contributed by atoms with van der Waals surface area (Å²) >= 11 is 6.06. The second-order valence-electron chi connectivity index (χ2n) is 7.34. The van der Waals surface area contributed by atoms with Crippen molar-refractivity contribution in [2.75, 3.05) is 18.0 Å². The van der Waals surface area contributed by atoms with Crippen molar-refractivity contribution < 1.29 is 13.9 Å². The molecule has 1 fully saturated rings. The van der Waals surface area contributed by atoms with E-state index in [2.05, 4.69) is 15.3 Å². The van der Waals surface area contributed by atoms with Gasteiger partial charge in [-0.15, -0.1) is 0 Å². The van der Waals surface area contributed by atoms with Crippen LogP contribution in [0.2, 0.25) is 5.02 Å². The Hall–Kier alpha value is -3.19. The second kappa shape index (κ2) is 9.75. The van der Waals surface area contributed by atoms with E-state index in [1.54, 1.807) is 18.5 Å². The molecular formula is C23H22ClFN4O2. The molecule has 2 heterocycles. The molecule has 1 atom stereocenters. The van der Waals surface area contributed by atoms with Gasteiger partial charge in [-0.3, -0.25) is 4.79 Å². The Morgan fingerprint density at radius 3 is 2.81 bits per heavy atom. The number of anilines is 1. The van der Waals surface area contributed by atoms with E-state index in [1.165, 1.54) is 12.1 Å². The van der Waals surface area contributed by atoms with Gasteiger partial charge >= 0.3 is 0 Å².